The highest BCUT2D eigenvalue weighted by atomic mass is 79.9. The summed E-state index contributed by atoms with van der Waals surface area (Å²) in [5.41, 5.74) is 0.569. The molecular formula is C12H12BrF3N2O3. The SMILES string of the molecule is O=C(NCCCOC(=O)C(F)(F)F)Nc1ccc(Br)cc1. The fourth-order valence-electron chi connectivity index (χ4n) is 1.23. The van der Waals surface area contributed by atoms with Crippen molar-refractivity contribution in [2.24, 2.45) is 0 Å². The van der Waals surface area contributed by atoms with Crippen LogP contribution in [-0.2, 0) is 9.53 Å². The highest BCUT2D eigenvalue weighted by Crippen LogP contribution is 2.16. The molecule has 0 saturated carbocycles. The molecule has 1 aromatic carbocycles. The average Bonchev–Trinajstić information content (AvgIpc) is 2.39. The third kappa shape index (κ3) is 6.98. The van der Waals surface area contributed by atoms with Crippen molar-refractivity contribution in [2.45, 2.75) is 12.6 Å². The summed E-state index contributed by atoms with van der Waals surface area (Å²) >= 11 is 3.25. The van der Waals surface area contributed by atoms with Crippen molar-refractivity contribution in [3.63, 3.8) is 0 Å². The number of nitrogens with one attached hydrogen (secondary N) is 2. The maximum absolute atomic E-state index is 11.8. The molecule has 1 aromatic rings. The van der Waals surface area contributed by atoms with Gasteiger partial charge in [0.15, 0.2) is 0 Å². The second kappa shape index (κ2) is 7.87. The summed E-state index contributed by atoms with van der Waals surface area (Å²) in [6.07, 6.45) is -4.91. The summed E-state index contributed by atoms with van der Waals surface area (Å²) in [6.45, 7) is -0.343. The topological polar surface area (TPSA) is 67.4 Å². The van der Waals surface area contributed by atoms with Crippen molar-refractivity contribution in [3.05, 3.63) is 28.7 Å². The number of urea groups is 1. The smallest absolute Gasteiger partial charge is 0.459 e. The van der Waals surface area contributed by atoms with Crippen LogP contribution in [0.5, 0.6) is 0 Å². The minimum Gasteiger partial charge on any atom is -0.459 e. The van der Waals surface area contributed by atoms with Gasteiger partial charge >= 0.3 is 18.2 Å². The van der Waals surface area contributed by atoms with Gasteiger partial charge in [0.2, 0.25) is 0 Å². The first-order valence-corrected chi connectivity index (χ1v) is 6.62. The zero-order valence-corrected chi connectivity index (χ0v) is 12.3. The van der Waals surface area contributed by atoms with E-state index >= 15 is 0 Å². The van der Waals surface area contributed by atoms with E-state index in [1.54, 1.807) is 24.3 Å². The molecule has 0 aliphatic rings. The number of benzene rings is 1. The molecule has 0 atom stereocenters. The third-order valence-electron chi connectivity index (χ3n) is 2.17. The van der Waals surface area contributed by atoms with E-state index in [0.717, 1.165) is 4.47 Å². The van der Waals surface area contributed by atoms with Crippen LogP contribution in [0.3, 0.4) is 0 Å². The minimum atomic E-state index is -4.99. The molecule has 0 aliphatic heterocycles. The van der Waals surface area contributed by atoms with Crippen molar-refractivity contribution >= 4 is 33.6 Å². The van der Waals surface area contributed by atoms with E-state index in [1.807, 2.05) is 0 Å². The molecule has 5 nitrogen and oxygen atoms in total. The number of hydrogen-bond donors (Lipinski definition) is 2. The first-order chi connectivity index (χ1) is 9.79. The lowest BCUT2D eigenvalue weighted by atomic mass is 10.3. The number of alkyl halides is 3. The molecule has 0 saturated heterocycles. The Kier molecular flexibility index (Phi) is 6.47. The number of carbonyl (C=O) groups excluding carboxylic acids is 2. The van der Waals surface area contributed by atoms with Gasteiger partial charge in [0.25, 0.3) is 0 Å². The van der Waals surface area contributed by atoms with Crippen LogP contribution >= 0.6 is 15.9 Å². The van der Waals surface area contributed by atoms with E-state index in [0.29, 0.717) is 5.69 Å². The van der Waals surface area contributed by atoms with Gasteiger partial charge in [0.1, 0.15) is 0 Å². The van der Waals surface area contributed by atoms with Crippen LogP contribution in [0.25, 0.3) is 0 Å². The van der Waals surface area contributed by atoms with Gasteiger partial charge in [-0.15, -0.1) is 0 Å². The monoisotopic (exact) mass is 368 g/mol. The van der Waals surface area contributed by atoms with Crippen molar-refractivity contribution in [2.75, 3.05) is 18.5 Å². The normalized spacial score (nSPS) is 10.9. The molecule has 0 aromatic heterocycles. The number of rotatable bonds is 5. The fourth-order valence-corrected chi connectivity index (χ4v) is 1.49. The molecule has 0 bridgehead atoms. The maximum atomic E-state index is 11.8. The largest absolute Gasteiger partial charge is 0.490 e. The summed E-state index contributed by atoms with van der Waals surface area (Å²) in [7, 11) is 0. The molecule has 0 fully saturated rings. The van der Waals surface area contributed by atoms with E-state index < -0.39 is 24.8 Å². The van der Waals surface area contributed by atoms with Crippen LogP contribution in [0, 0.1) is 0 Å². The van der Waals surface area contributed by atoms with Crippen molar-refractivity contribution in [1.82, 2.24) is 5.32 Å². The van der Waals surface area contributed by atoms with Gasteiger partial charge in [-0.1, -0.05) is 15.9 Å². The Bertz CT molecular complexity index is 492. The lowest BCUT2D eigenvalue weighted by Crippen LogP contribution is -2.31. The number of ether oxygens (including phenoxy) is 1. The predicted octanol–water partition coefficient (Wildman–Crippen LogP) is 3.07. The van der Waals surface area contributed by atoms with Gasteiger partial charge in [-0.2, -0.15) is 13.2 Å². The van der Waals surface area contributed by atoms with Gasteiger partial charge < -0.3 is 15.4 Å². The molecular weight excluding hydrogens is 357 g/mol. The molecule has 0 unspecified atom stereocenters. The third-order valence-corrected chi connectivity index (χ3v) is 2.70. The Morgan fingerprint density at radius 1 is 1.19 bits per heavy atom. The lowest BCUT2D eigenvalue weighted by Gasteiger charge is -2.09. The number of hydrogen-bond acceptors (Lipinski definition) is 3. The van der Waals surface area contributed by atoms with Crippen LogP contribution in [0.2, 0.25) is 0 Å². The number of halogens is 4. The first-order valence-electron chi connectivity index (χ1n) is 5.83. The second-order valence-electron chi connectivity index (χ2n) is 3.88. The summed E-state index contributed by atoms with van der Waals surface area (Å²) in [6, 6.07) is 6.33. The molecule has 9 heteroatoms. The Labute approximate surface area is 127 Å². The van der Waals surface area contributed by atoms with Gasteiger partial charge in [-0.25, -0.2) is 9.59 Å². The molecule has 2 amide bonds. The predicted molar refractivity (Wildman–Crippen MR) is 72.8 cm³/mol. The van der Waals surface area contributed by atoms with E-state index in [1.165, 1.54) is 0 Å². The van der Waals surface area contributed by atoms with E-state index in [4.69, 9.17) is 0 Å². The van der Waals surface area contributed by atoms with Gasteiger partial charge in [0, 0.05) is 16.7 Å². The Morgan fingerprint density at radius 2 is 1.81 bits per heavy atom. The highest BCUT2D eigenvalue weighted by Gasteiger charge is 2.40. The van der Waals surface area contributed by atoms with Crippen molar-refractivity contribution in [3.8, 4) is 0 Å². The quantitative estimate of drug-likeness (QED) is 0.619. The van der Waals surface area contributed by atoms with Crippen molar-refractivity contribution in [1.29, 1.82) is 0 Å². The van der Waals surface area contributed by atoms with Gasteiger partial charge in [-0.3, -0.25) is 0 Å². The molecule has 1 rings (SSSR count). The summed E-state index contributed by atoms with van der Waals surface area (Å²) < 4.78 is 40.2. The molecule has 116 valence electrons. The van der Waals surface area contributed by atoms with E-state index in [-0.39, 0.29) is 13.0 Å². The second-order valence-corrected chi connectivity index (χ2v) is 4.79. The van der Waals surface area contributed by atoms with Crippen LogP contribution < -0.4 is 10.6 Å². The highest BCUT2D eigenvalue weighted by molar-refractivity contribution is 9.10. The fraction of sp³-hybridized carbons (Fsp3) is 0.333. The van der Waals surface area contributed by atoms with E-state index in [2.05, 4.69) is 31.3 Å². The molecule has 0 heterocycles. The van der Waals surface area contributed by atoms with Gasteiger partial charge in [-0.05, 0) is 30.7 Å². The standard InChI is InChI=1S/C12H12BrF3N2O3/c13-8-2-4-9(5-3-8)18-11(20)17-6-1-7-21-10(19)12(14,15)16/h2-5H,1,6-7H2,(H2,17,18,20). The summed E-state index contributed by atoms with van der Waals surface area (Å²) in [5.74, 6) is -2.23. The van der Waals surface area contributed by atoms with Crippen LogP contribution in [-0.4, -0.2) is 31.3 Å². The summed E-state index contributed by atoms with van der Waals surface area (Å²) in [4.78, 5) is 21.8. The molecule has 21 heavy (non-hydrogen) atoms. The molecule has 0 spiro atoms. The Balaban J connectivity index is 2.17. The Morgan fingerprint density at radius 3 is 2.38 bits per heavy atom. The number of esters is 1. The molecule has 2 N–H and O–H groups in total. The number of amides is 2. The molecule has 0 radical (unpaired) electrons. The van der Waals surface area contributed by atoms with Crippen molar-refractivity contribution < 1.29 is 27.5 Å². The van der Waals surface area contributed by atoms with Gasteiger partial charge in [0.05, 0.1) is 6.61 Å². The van der Waals surface area contributed by atoms with Crippen LogP contribution in [0.1, 0.15) is 6.42 Å². The zero-order chi connectivity index (χ0) is 15.9. The lowest BCUT2D eigenvalue weighted by molar-refractivity contribution is -0.199. The zero-order valence-electron chi connectivity index (χ0n) is 10.7. The minimum absolute atomic E-state index is 0.0769. The first kappa shape index (κ1) is 17.3. The summed E-state index contributed by atoms with van der Waals surface area (Å²) in [5, 5.41) is 4.96. The van der Waals surface area contributed by atoms with Crippen LogP contribution in [0.4, 0.5) is 23.7 Å². The van der Waals surface area contributed by atoms with E-state index in [9.17, 15) is 22.8 Å². The number of anilines is 1. The Hall–Kier alpha value is -1.77. The molecule has 0 aliphatic carbocycles. The number of carbonyl (C=O) groups is 2. The maximum Gasteiger partial charge on any atom is 0.490 e. The van der Waals surface area contributed by atoms with Crippen LogP contribution in [0.15, 0.2) is 28.7 Å². The average molecular weight is 369 g/mol.